The molecule has 2 aromatic rings. The first-order chi connectivity index (χ1) is 13.7. The molecular formula is C21H28N6O. The topological polar surface area (TPSA) is 97.0 Å². The van der Waals surface area contributed by atoms with Crippen LogP contribution in [-0.4, -0.2) is 45.4 Å². The maximum Gasteiger partial charge on any atom is 0.270 e. The molecule has 3 heterocycles. The zero-order valence-corrected chi connectivity index (χ0v) is 16.2. The van der Waals surface area contributed by atoms with Gasteiger partial charge in [-0.1, -0.05) is 12.5 Å². The summed E-state index contributed by atoms with van der Waals surface area (Å²) in [6.45, 7) is 2.62. The monoisotopic (exact) mass is 380 g/mol. The van der Waals surface area contributed by atoms with Gasteiger partial charge in [0.1, 0.15) is 5.69 Å². The molecule has 3 N–H and O–H groups in total. The minimum absolute atomic E-state index is 0.118. The lowest BCUT2D eigenvalue weighted by Gasteiger charge is -2.34. The molecule has 1 atom stereocenters. The van der Waals surface area contributed by atoms with E-state index in [-0.39, 0.29) is 17.9 Å². The summed E-state index contributed by atoms with van der Waals surface area (Å²) in [4.78, 5) is 28.3. The van der Waals surface area contributed by atoms with E-state index in [9.17, 15) is 4.79 Å². The summed E-state index contributed by atoms with van der Waals surface area (Å²) in [7, 11) is 0. The van der Waals surface area contributed by atoms with Gasteiger partial charge < -0.3 is 11.1 Å². The molecule has 2 aromatic heterocycles. The molecule has 7 nitrogen and oxygen atoms in total. The number of hydrogen-bond acceptors (Lipinski definition) is 6. The van der Waals surface area contributed by atoms with Gasteiger partial charge in [0.2, 0.25) is 5.95 Å². The van der Waals surface area contributed by atoms with Crippen molar-refractivity contribution in [3.63, 3.8) is 0 Å². The minimum atomic E-state index is -0.154. The highest BCUT2D eigenvalue weighted by molar-refractivity contribution is 5.94. The predicted molar refractivity (Wildman–Crippen MR) is 108 cm³/mol. The Morgan fingerprint density at radius 3 is 2.75 bits per heavy atom. The van der Waals surface area contributed by atoms with E-state index in [1.165, 1.54) is 19.3 Å². The Balaban J connectivity index is 1.52. The van der Waals surface area contributed by atoms with E-state index in [4.69, 9.17) is 5.73 Å². The summed E-state index contributed by atoms with van der Waals surface area (Å²) in [6, 6.07) is 4.16. The number of nitrogens with two attached hydrogens (primary N) is 1. The zero-order valence-electron chi connectivity index (χ0n) is 16.2. The van der Waals surface area contributed by atoms with E-state index in [2.05, 4.69) is 31.2 Å². The number of aromatic nitrogens is 3. The van der Waals surface area contributed by atoms with Crippen molar-refractivity contribution in [2.24, 2.45) is 0 Å². The Morgan fingerprint density at radius 1 is 1.14 bits per heavy atom. The smallest absolute Gasteiger partial charge is 0.270 e. The molecular weight excluding hydrogens is 352 g/mol. The number of anilines is 1. The van der Waals surface area contributed by atoms with Crippen LogP contribution < -0.4 is 11.1 Å². The number of fused-ring (bicyclic) bond motifs is 1. The van der Waals surface area contributed by atoms with Crippen molar-refractivity contribution in [1.82, 2.24) is 25.2 Å². The lowest BCUT2D eigenvalue weighted by molar-refractivity contribution is 0.0918. The Kier molecular flexibility index (Phi) is 5.81. The molecule has 1 saturated heterocycles. The third-order valence-corrected chi connectivity index (χ3v) is 5.77. The summed E-state index contributed by atoms with van der Waals surface area (Å²) in [5.41, 5.74) is 9.35. The van der Waals surface area contributed by atoms with E-state index in [1.54, 1.807) is 6.20 Å². The van der Waals surface area contributed by atoms with Crippen LogP contribution in [0, 0.1) is 0 Å². The number of nitrogens with zero attached hydrogens (tertiary/aromatic N) is 4. The Bertz CT molecular complexity index is 819. The van der Waals surface area contributed by atoms with Crippen molar-refractivity contribution in [2.45, 2.75) is 51.0 Å². The number of rotatable bonds is 5. The summed E-state index contributed by atoms with van der Waals surface area (Å²) in [6.07, 6.45) is 11.2. The number of nitrogen functional groups attached to an aromatic ring is 1. The predicted octanol–water partition coefficient (Wildman–Crippen LogP) is 2.29. The molecule has 2 aliphatic rings. The average molecular weight is 380 g/mol. The molecule has 0 radical (unpaired) electrons. The first kappa shape index (κ1) is 18.8. The minimum Gasteiger partial charge on any atom is -0.368 e. The number of hydrogen-bond donors (Lipinski definition) is 2. The Hall–Kier alpha value is -2.54. The fourth-order valence-corrected chi connectivity index (χ4v) is 4.33. The van der Waals surface area contributed by atoms with E-state index in [1.807, 2.05) is 12.3 Å². The van der Waals surface area contributed by atoms with E-state index < -0.39 is 0 Å². The highest BCUT2D eigenvalue weighted by Crippen LogP contribution is 2.25. The van der Waals surface area contributed by atoms with Gasteiger partial charge in [0, 0.05) is 30.2 Å². The SMILES string of the molecule is Nc1nc2c(c(C(=O)NCC(c3cccnc3)N3CCCCC3)n1)CCCC2. The molecule has 0 bridgehead atoms. The van der Waals surface area contributed by atoms with Crippen molar-refractivity contribution in [3.8, 4) is 0 Å². The van der Waals surface area contributed by atoms with Crippen LogP contribution in [-0.2, 0) is 12.8 Å². The molecule has 1 fully saturated rings. The van der Waals surface area contributed by atoms with Gasteiger partial charge in [-0.2, -0.15) is 0 Å². The zero-order chi connectivity index (χ0) is 19.3. The lowest BCUT2D eigenvalue weighted by Crippen LogP contribution is -2.41. The maximum absolute atomic E-state index is 13.0. The second-order valence-electron chi connectivity index (χ2n) is 7.67. The molecule has 4 rings (SSSR count). The molecule has 1 amide bonds. The van der Waals surface area contributed by atoms with Gasteiger partial charge in [-0.3, -0.25) is 14.7 Å². The molecule has 0 aromatic carbocycles. The largest absolute Gasteiger partial charge is 0.368 e. The normalized spacial score (nSPS) is 18.3. The number of amides is 1. The van der Waals surface area contributed by atoms with Crippen molar-refractivity contribution in [3.05, 3.63) is 47.0 Å². The van der Waals surface area contributed by atoms with Gasteiger partial charge in [-0.25, -0.2) is 9.97 Å². The molecule has 1 aliphatic heterocycles. The van der Waals surface area contributed by atoms with Gasteiger partial charge in [0.05, 0.1) is 6.04 Å². The third kappa shape index (κ3) is 4.14. The number of carbonyl (C=O) groups is 1. The van der Waals surface area contributed by atoms with Crippen LogP contribution in [0.4, 0.5) is 5.95 Å². The third-order valence-electron chi connectivity index (χ3n) is 5.77. The van der Waals surface area contributed by atoms with Crippen molar-refractivity contribution < 1.29 is 4.79 Å². The van der Waals surface area contributed by atoms with Gasteiger partial charge in [-0.15, -0.1) is 0 Å². The fraction of sp³-hybridized carbons (Fsp3) is 0.524. The van der Waals surface area contributed by atoms with Crippen LogP contribution in [0.5, 0.6) is 0 Å². The number of pyridine rings is 1. The van der Waals surface area contributed by atoms with Gasteiger partial charge in [0.25, 0.3) is 5.91 Å². The van der Waals surface area contributed by atoms with Gasteiger partial charge >= 0.3 is 0 Å². The van der Waals surface area contributed by atoms with Gasteiger partial charge in [0.15, 0.2) is 0 Å². The summed E-state index contributed by atoms with van der Waals surface area (Å²) in [5.74, 6) is 0.0313. The Labute approximate surface area is 165 Å². The quantitative estimate of drug-likeness (QED) is 0.826. The van der Waals surface area contributed by atoms with E-state index in [0.29, 0.717) is 12.2 Å². The highest BCUT2D eigenvalue weighted by Gasteiger charge is 2.25. The van der Waals surface area contributed by atoms with Crippen LogP contribution in [0.1, 0.15) is 65.5 Å². The van der Waals surface area contributed by atoms with Crippen LogP contribution in [0.25, 0.3) is 0 Å². The van der Waals surface area contributed by atoms with Crippen LogP contribution >= 0.6 is 0 Å². The molecule has 0 spiro atoms. The lowest BCUT2D eigenvalue weighted by atomic mass is 9.94. The first-order valence-corrected chi connectivity index (χ1v) is 10.3. The number of nitrogens with one attached hydrogen (secondary N) is 1. The van der Waals surface area contributed by atoms with Gasteiger partial charge in [-0.05, 0) is 63.2 Å². The summed E-state index contributed by atoms with van der Waals surface area (Å²) >= 11 is 0. The van der Waals surface area contributed by atoms with Crippen LogP contribution in [0.15, 0.2) is 24.5 Å². The summed E-state index contributed by atoms with van der Waals surface area (Å²) in [5, 5.41) is 3.12. The van der Waals surface area contributed by atoms with E-state index in [0.717, 1.165) is 55.6 Å². The first-order valence-electron chi connectivity index (χ1n) is 10.3. The van der Waals surface area contributed by atoms with Crippen molar-refractivity contribution in [1.29, 1.82) is 0 Å². The molecule has 1 unspecified atom stereocenters. The standard InChI is InChI=1S/C21H28N6O/c22-21-25-17-9-3-2-8-16(17)19(26-21)20(28)24-14-18(15-7-6-10-23-13-15)27-11-4-1-5-12-27/h6-7,10,13,18H,1-5,8-9,11-12,14H2,(H,24,28)(H2,22,25,26). The van der Waals surface area contributed by atoms with Crippen molar-refractivity contribution >= 4 is 11.9 Å². The molecule has 28 heavy (non-hydrogen) atoms. The van der Waals surface area contributed by atoms with Crippen molar-refractivity contribution in [2.75, 3.05) is 25.4 Å². The fourth-order valence-electron chi connectivity index (χ4n) is 4.33. The molecule has 7 heteroatoms. The molecule has 0 saturated carbocycles. The molecule has 1 aliphatic carbocycles. The maximum atomic E-state index is 13.0. The number of piperidine rings is 1. The second-order valence-corrected chi connectivity index (χ2v) is 7.67. The molecule has 148 valence electrons. The number of likely N-dealkylation sites (tertiary alicyclic amines) is 1. The number of aryl methyl sites for hydroxylation is 1. The second kappa shape index (κ2) is 8.65. The van der Waals surface area contributed by atoms with Crippen LogP contribution in [0.3, 0.4) is 0 Å². The Morgan fingerprint density at radius 2 is 1.96 bits per heavy atom. The number of carbonyl (C=O) groups excluding carboxylic acids is 1. The highest BCUT2D eigenvalue weighted by atomic mass is 16.1. The van der Waals surface area contributed by atoms with E-state index >= 15 is 0 Å². The van der Waals surface area contributed by atoms with Crippen LogP contribution in [0.2, 0.25) is 0 Å². The average Bonchev–Trinajstić information content (AvgIpc) is 2.74. The summed E-state index contributed by atoms with van der Waals surface area (Å²) < 4.78 is 0.